The van der Waals surface area contributed by atoms with Crippen molar-refractivity contribution in [2.75, 3.05) is 6.61 Å². The van der Waals surface area contributed by atoms with Crippen LogP contribution in [0, 0.1) is 11.3 Å². The highest BCUT2D eigenvalue weighted by Gasteiger charge is 2.42. The van der Waals surface area contributed by atoms with Gasteiger partial charge < -0.3 is 4.74 Å². The molecular weight excluding hydrogens is 222 g/mol. The van der Waals surface area contributed by atoms with E-state index in [9.17, 15) is 8.78 Å². The number of ether oxygens (including phenoxy) is 1. The van der Waals surface area contributed by atoms with Crippen LogP contribution in [0.2, 0.25) is 0 Å². The highest BCUT2D eigenvalue weighted by molar-refractivity contribution is 5.04. The number of rotatable bonds is 7. The standard InChI is InChI=1S/C14H24F2O/c1-11(2)14(15,16)7-5-6-13(8-9-13)10-17-12(3)4/h5,7,11-12H,6,8-10H2,1-4H3. The van der Waals surface area contributed by atoms with E-state index < -0.39 is 11.8 Å². The molecule has 0 spiro atoms. The van der Waals surface area contributed by atoms with Crippen LogP contribution in [0.5, 0.6) is 0 Å². The van der Waals surface area contributed by atoms with Crippen LogP contribution in [-0.4, -0.2) is 18.6 Å². The molecule has 0 unspecified atom stereocenters. The minimum atomic E-state index is -2.69. The first-order valence-corrected chi connectivity index (χ1v) is 6.44. The summed E-state index contributed by atoms with van der Waals surface area (Å²) in [5.74, 6) is -3.32. The third-order valence-electron chi connectivity index (χ3n) is 3.34. The largest absolute Gasteiger partial charge is 0.378 e. The molecule has 1 saturated carbocycles. The fraction of sp³-hybridized carbons (Fsp3) is 0.857. The van der Waals surface area contributed by atoms with Crippen LogP contribution in [0.15, 0.2) is 12.2 Å². The van der Waals surface area contributed by atoms with Crippen molar-refractivity contribution in [3.63, 3.8) is 0 Å². The molecule has 0 aromatic carbocycles. The van der Waals surface area contributed by atoms with Crippen molar-refractivity contribution in [3.8, 4) is 0 Å². The summed E-state index contributed by atoms with van der Waals surface area (Å²) in [6, 6.07) is 0. The Bertz CT molecular complexity index is 265. The van der Waals surface area contributed by atoms with Gasteiger partial charge in [-0.2, -0.15) is 0 Å². The number of hydrogen-bond donors (Lipinski definition) is 0. The Labute approximate surface area is 103 Å². The zero-order valence-electron chi connectivity index (χ0n) is 11.3. The minimum Gasteiger partial charge on any atom is -0.378 e. The van der Waals surface area contributed by atoms with Crippen molar-refractivity contribution in [1.29, 1.82) is 0 Å². The summed E-state index contributed by atoms with van der Waals surface area (Å²) < 4.78 is 32.3. The maximum Gasteiger partial charge on any atom is 0.268 e. The van der Waals surface area contributed by atoms with Crippen molar-refractivity contribution in [1.82, 2.24) is 0 Å². The average Bonchev–Trinajstić information content (AvgIpc) is 2.95. The molecule has 100 valence electrons. The fourth-order valence-electron chi connectivity index (χ4n) is 1.59. The fourth-order valence-corrected chi connectivity index (χ4v) is 1.59. The quantitative estimate of drug-likeness (QED) is 0.604. The van der Waals surface area contributed by atoms with Gasteiger partial charge in [-0.1, -0.05) is 19.9 Å². The highest BCUT2D eigenvalue weighted by atomic mass is 19.3. The van der Waals surface area contributed by atoms with Gasteiger partial charge >= 0.3 is 0 Å². The average molecular weight is 246 g/mol. The van der Waals surface area contributed by atoms with E-state index in [0.717, 1.165) is 18.9 Å². The van der Waals surface area contributed by atoms with E-state index in [1.54, 1.807) is 19.9 Å². The molecule has 1 aliphatic carbocycles. The van der Waals surface area contributed by atoms with E-state index in [1.165, 1.54) is 0 Å². The molecule has 0 aromatic rings. The first-order chi connectivity index (χ1) is 7.77. The molecule has 0 amide bonds. The normalized spacial score (nSPS) is 19.5. The van der Waals surface area contributed by atoms with Gasteiger partial charge in [0.1, 0.15) is 0 Å². The molecule has 0 aliphatic heterocycles. The van der Waals surface area contributed by atoms with Gasteiger partial charge in [0.2, 0.25) is 0 Å². The SMILES string of the molecule is CC(C)OCC1(CC=CC(F)(F)C(C)C)CC1. The van der Waals surface area contributed by atoms with Crippen molar-refractivity contribution < 1.29 is 13.5 Å². The molecular formula is C14H24F2O. The summed E-state index contributed by atoms with van der Waals surface area (Å²) in [5.41, 5.74) is 0.147. The van der Waals surface area contributed by atoms with Crippen molar-refractivity contribution in [2.24, 2.45) is 11.3 Å². The lowest BCUT2D eigenvalue weighted by molar-refractivity contribution is 0.00551. The van der Waals surface area contributed by atoms with Gasteiger partial charge in [-0.3, -0.25) is 0 Å². The van der Waals surface area contributed by atoms with Gasteiger partial charge in [-0.15, -0.1) is 0 Å². The number of alkyl halides is 2. The molecule has 1 nitrogen and oxygen atoms in total. The molecule has 0 bridgehead atoms. The molecule has 0 N–H and O–H groups in total. The van der Waals surface area contributed by atoms with E-state index in [1.807, 2.05) is 13.8 Å². The number of allylic oxidation sites excluding steroid dienone is 2. The summed E-state index contributed by atoms with van der Waals surface area (Å²) in [4.78, 5) is 0. The van der Waals surface area contributed by atoms with Gasteiger partial charge in [-0.25, -0.2) is 8.78 Å². The maximum atomic E-state index is 13.3. The predicted molar refractivity (Wildman–Crippen MR) is 66.3 cm³/mol. The summed E-state index contributed by atoms with van der Waals surface area (Å²) in [6.45, 7) is 7.78. The van der Waals surface area contributed by atoms with Gasteiger partial charge in [0.15, 0.2) is 0 Å². The van der Waals surface area contributed by atoms with Gasteiger partial charge in [0.05, 0.1) is 12.7 Å². The number of hydrogen-bond acceptors (Lipinski definition) is 1. The Morgan fingerprint density at radius 1 is 1.24 bits per heavy atom. The van der Waals surface area contributed by atoms with Crippen molar-refractivity contribution >= 4 is 0 Å². The molecule has 3 heteroatoms. The van der Waals surface area contributed by atoms with E-state index >= 15 is 0 Å². The summed E-state index contributed by atoms with van der Waals surface area (Å²) >= 11 is 0. The van der Waals surface area contributed by atoms with Crippen LogP contribution in [0.1, 0.15) is 47.0 Å². The Kier molecular flexibility index (Phi) is 4.70. The monoisotopic (exact) mass is 246 g/mol. The zero-order valence-corrected chi connectivity index (χ0v) is 11.3. The van der Waals surface area contributed by atoms with Crippen molar-refractivity contribution in [3.05, 3.63) is 12.2 Å². The Morgan fingerprint density at radius 3 is 2.24 bits per heavy atom. The first kappa shape index (κ1) is 14.6. The van der Waals surface area contributed by atoms with E-state index in [2.05, 4.69) is 0 Å². The third-order valence-corrected chi connectivity index (χ3v) is 3.34. The second-order valence-electron chi connectivity index (χ2n) is 5.80. The van der Waals surface area contributed by atoms with Gasteiger partial charge in [0, 0.05) is 5.92 Å². The summed E-state index contributed by atoms with van der Waals surface area (Å²) in [7, 11) is 0. The molecule has 0 heterocycles. The predicted octanol–water partition coefficient (Wildman–Crippen LogP) is 4.43. The molecule has 0 radical (unpaired) electrons. The lowest BCUT2D eigenvalue weighted by Gasteiger charge is -2.18. The summed E-state index contributed by atoms with van der Waals surface area (Å²) in [5, 5.41) is 0. The molecule has 1 fully saturated rings. The van der Waals surface area contributed by atoms with Crippen LogP contribution in [-0.2, 0) is 4.74 Å². The molecule has 1 aliphatic rings. The first-order valence-electron chi connectivity index (χ1n) is 6.44. The van der Waals surface area contributed by atoms with Gasteiger partial charge in [0.25, 0.3) is 5.92 Å². The molecule has 0 aromatic heterocycles. The maximum absolute atomic E-state index is 13.3. The van der Waals surface area contributed by atoms with Crippen LogP contribution in [0.25, 0.3) is 0 Å². The zero-order chi connectivity index (χ0) is 13.1. The Hall–Kier alpha value is -0.440. The van der Waals surface area contributed by atoms with Crippen LogP contribution < -0.4 is 0 Å². The molecule has 0 atom stereocenters. The Morgan fingerprint density at radius 2 is 1.82 bits per heavy atom. The van der Waals surface area contributed by atoms with Crippen LogP contribution in [0.4, 0.5) is 8.78 Å². The van der Waals surface area contributed by atoms with E-state index in [4.69, 9.17) is 4.74 Å². The van der Waals surface area contributed by atoms with E-state index in [0.29, 0.717) is 13.0 Å². The number of halogens is 2. The van der Waals surface area contributed by atoms with E-state index in [-0.39, 0.29) is 11.5 Å². The molecule has 1 rings (SSSR count). The summed E-state index contributed by atoms with van der Waals surface area (Å²) in [6.07, 6.45) is 5.81. The lowest BCUT2D eigenvalue weighted by Crippen LogP contribution is -2.20. The second kappa shape index (κ2) is 5.47. The van der Waals surface area contributed by atoms with Crippen LogP contribution in [0.3, 0.4) is 0 Å². The lowest BCUT2D eigenvalue weighted by atomic mass is 10.0. The molecule has 0 saturated heterocycles. The van der Waals surface area contributed by atoms with Crippen molar-refractivity contribution in [2.45, 2.75) is 59.0 Å². The smallest absolute Gasteiger partial charge is 0.268 e. The molecule has 17 heavy (non-hydrogen) atoms. The second-order valence-corrected chi connectivity index (χ2v) is 5.80. The third kappa shape index (κ3) is 4.74. The van der Waals surface area contributed by atoms with Crippen LogP contribution >= 0.6 is 0 Å². The minimum absolute atomic E-state index is 0.147. The topological polar surface area (TPSA) is 9.23 Å². The van der Waals surface area contributed by atoms with Gasteiger partial charge in [-0.05, 0) is 44.6 Å². The highest BCUT2D eigenvalue weighted by Crippen LogP contribution is 2.49. The Balaban J connectivity index is 2.37.